The molecule has 28 heavy (non-hydrogen) atoms. The number of para-hydroxylation sites is 1. The Morgan fingerprint density at radius 2 is 1.89 bits per heavy atom. The zero-order chi connectivity index (χ0) is 18.9. The Morgan fingerprint density at radius 1 is 1.04 bits per heavy atom. The lowest BCUT2D eigenvalue weighted by molar-refractivity contribution is 0.0651. The van der Waals surface area contributed by atoms with Crippen LogP contribution in [0.1, 0.15) is 27.8 Å². The van der Waals surface area contributed by atoms with Gasteiger partial charge in [0.1, 0.15) is 24.6 Å². The topological polar surface area (TPSA) is 76.2 Å². The summed E-state index contributed by atoms with van der Waals surface area (Å²) >= 11 is 0. The van der Waals surface area contributed by atoms with E-state index in [1.807, 2.05) is 60.7 Å². The van der Waals surface area contributed by atoms with E-state index < -0.39 is 0 Å². The first-order chi connectivity index (χ1) is 13.8. The molecule has 1 aliphatic heterocycles. The van der Waals surface area contributed by atoms with Crippen molar-refractivity contribution in [3.8, 4) is 5.69 Å². The van der Waals surface area contributed by atoms with Crippen LogP contribution >= 0.6 is 0 Å². The number of benzene rings is 2. The van der Waals surface area contributed by atoms with Gasteiger partial charge >= 0.3 is 0 Å². The first-order valence-corrected chi connectivity index (χ1v) is 8.93. The summed E-state index contributed by atoms with van der Waals surface area (Å²) in [6, 6.07) is 19.2. The normalized spacial score (nSPS) is 15.9. The van der Waals surface area contributed by atoms with Crippen molar-refractivity contribution >= 4 is 11.6 Å². The van der Waals surface area contributed by atoms with Crippen molar-refractivity contribution in [1.29, 1.82) is 0 Å². The van der Waals surface area contributed by atoms with Gasteiger partial charge in [-0.25, -0.2) is 9.67 Å². The van der Waals surface area contributed by atoms with Crippen LogP contribution in [0.4, 0.5) is 5.69 Å². The fourth-order valence-corrected chi connectivity index (χ4v) is 3.44. The first kappa shape index (κ1) is 16.3. The number of carbonyl (C=O) groups excluding carboxylic acids is 1. The van der Waals surface area contributed by atoms with Crippen molar-refractivity contribution in [2.24, 2.45) is 0 Å². The van der Waals surface area contributed by atoms with Crippen LogP contribution in [0.2, 0.25) is 0 Å². The molecule has 0 aliphatic carbocycles. The molecule has 4 aromatic rings. The summed E-state index contributed by atoms with van der Waals surface area (Å²) < 4.78 is 7.18. The van der Waals surface area contributed by atoms with Crippen LogP contribution in [0, 0.1) is 0 Å². The molecule has 3 heterocycles. The average Bonchev–Trinajstić information content (AvgIpc) is 3.44. The number of furan rings is 1. The lowest BCUT2D eigenvalue weighted by Crippen LogP contribution is -2.42. The van der Waals surface area contributed by atoms with Gasteiger partial charge < -0.3 is 14.6 Å². The number of aromatic nitrogens is 3. The molecule has 1 atom stereocenters. The van der Waals surface area contributed by atoms with Gasteiger partial charge in [0.2, 0.25) is 0 Å². The molecule has 0 bridgehead atoms. The second-order valence-electron chi connectivity index (χ2n) is 6.54. The minimum absolute atomic E-state index is 0.0314. The molecule has 0 fully saturated rings. The highest BCUT2D eigenvalue weighted by Gasteiger charge is 2.33. The Kier molecular flexibility index (Phi) is 3.90. The third-order valence-electron chi connectivity index (χ3n) is 4.82. The second kappa shape index (κ2) is 6.70. The number of nitrogens with one attached hydrogen (secondary N) is 1. The number of hydrogen-bond donors (Lipinski definition) is 1. The van der Waals surface area contributed by atoms with E-state index in [2.05, 4.69) is 15.4 Å². The maximum Gasteiger partial charge on any atom is 0.258 e. The van der Waals surface area contributed by atoms with Crippen molar-refractivity contribution in [1.82, 2.24) is 19.7 Å². The van der Waals surface area contributed by atoms with Gasteiger partial charge in [-0.3, -0.25) is 4.79 Å². The molecule has 5 rings (SSSR count). The number of anilines is 1. The third-order valence-corrected chi connectivity index (χ3v) is 4.82. The highest BCUT2D eigenvalue weighted by molar-refractivity contribution is 6.01. The maximum absolute atomic E-state index is 13.2. The summed E-state index contributed by atoms with van der Waals surface area (Å²) in [7, 11) is 0. The van der Waals surface area contributed by atoms with E-state index in [9.17, 15) is 4.79 Å². The Bertz CT molecular complexity index is 1090. The monoisotopic (exact) mass is 371 g/mol. The Hall–Kier alpha value is -3.87. The van der Waals surface area contributed by atoms with Gasteiger partial charge in [0, 0.05) is 5.69 Å². The van der Waals surface area contributed by atoms with E-state index in [0.717, 1.165) is 22.7 Å². The van der Waals surface area contributed by atoms with E-state index in [-0.39, 0.29) is 12.1 Å². The first-order valence-electron chi connectivity index (χ1n) is 8.93. The van der Waals surface area contributed by atoms with Crippen LogP contribution in [0.15, 0.2) is 84.0 Å². The minimum Gasteiger partial charge on any atom is -0.467 e. The summed E-state index contributed by atoms with van der Waals surface area (Å²) in [5.74, 6) is 0.704. The van der Waals surface area contributed by atoms with E-state index in [1.54, 1.807) is 22.2 Å². The highest BCUT2D eigenvalue weighted by atomic mass is 16.3. The van der Waals surface area contributed by atoms with Crippen molar-refractivity contribution in [2.45, 2.75) is 12.7 Å². The highest BCUT2D eigenvalue weighted by Crippen LogP contribution is 2.34. The van der Waals surface area contributed by atoms with Gasteiger partial charge in [0.25, 0.3) is 5.91 Å². The predicted molar refractivity (Wildman–Crippen MR) is 103 cm³/mol. The van der Waals surface area contributed by atoms with Gasteiger partial charge in [-0.15, -0.1) is 0 Å². The largest absolute Gasteiger partial charge is 0.467 e. The molecular weight excluding hydrogens is 354 g/mol. The molecule has 1 aliphatic rings. The number of hydrogen-bond acceptors (Lipinski definition) is 5. The smallest absolute Gasteiger partial charge is 0.258 e. The lowest BCUT2D eigenvalue weighted by Gasteiger charge is -2.37. The Morgan fingerprint density at radius 3 is 2.64 bits per heavy atom. The average molecular weight is 371 g/mol. The molecule has 0 spiro atoms. The van der Waals surface area contributed by atoms with Crippen LogP contribution in [-0.2, 0) is 6.54 Å². The SMILES string of the molecule is O=C1c2ccccc2NC(c2ccc(-n3cncn3)cc2)N1Cc1ccco1. The van der Waals surface area contributed by atoms with Gasteiger partial charge in [0.05, 0.1) is 24.1 Å². The van der Waals surface area contributed by atoms with Crippen molar-refractivity contribution in [3.05, 3.63) is 96.5 Å². The minimum atomic E-state index is -0.308. The molecule has 2 aromatic carbocycles. The number of fused-ring (bicyclic) bond motifs is 1. The molecule has 0 radical (unpaired) electrons. The van der Waals surface area contributed by atoms with Crippen LogP contribution < -0.4 is 5.32 Å². The lowest BCUT2D eigenvalue weighted by atomic mass is 10.0. The quantitative estimate of drug-likeness (QED) is 0.593. The van der Waals surface area contributed by atoms with Gasteiger partial charge in [-0.05, 0) is 42.0 Å². The Labute approximate surface area is 161 Å². The number of nitrogens with zero attached hydrogens (tertiary/aromatic N) is 4. The van der Waals surface area contributed by atoms with Gasteiger partial charge in [-0.1, -0.05) is 24.3 Å². The molecule has 1 amide bonds. The fourth-order valence-electron chi connectivity index (χ4n) is 3.44. The van der Waals surface area contributed by atoms with E-state index >= 15 is 0 Å². The summed E-state index contributed by atoms with van der Waals surface area (Å²) in [6.45, 7) is 0.378. The number of carbonyl (C=O) groups is 1. The van der Waals surface area contributed by atoms with Crippen LogP contribution in [0.3, 0.4) is 0 Å². The van der Waals surface area contributed by atoms with E-state index in [1.165, 1.54) is 6.33 Å². The number of rotatable bonds is 4. The molecule has 0 saturated heterocycles. The molecule has 7 nitrogen and oxygen atoms in total. The fraction of sp³-hybridized carbons (Fsp3) is 0.0952. The summed E-state index contributed by atoms with van der Waals surface area (Å²) in [6.07, 6.45) is 4.46. The van der Waals surface area contributed by atoms with Crippen LogP contribution in [0.5, 0.6) is 0 Å². The van der Waals surface area contributed by atoms with Crippen molar-refractivity contribution in [3.63, 3.8) is 0 Å². The van der Waals surface area contributed by atoms with Crippen LogP contribution in [0.25, 0.3) is 5.69 Å². The summed E-state index contributed by atoms with van der Waals surface area (Å²) in [5, 5.41) is 7.64. The molecule has 1 N–H and O–H groups in total. The molecule has 138 valence electrons. The predicted octanol–water partition coefficient (Wildman–Crippen LogP) is 3.63. The maximum atomic E-state index is 13.2. The molecule has 1 unspecified atom stereocenters. The van der Waals surface area contributed by atoms with Crippen LogP contribution in [-0.4, -0.2) is 25.6 Å². The Balaban J connectivity index is 1.52. The molecule has 0 saturated carbocycles. The molecule has 2 aromatic heterocycles. The van der Waals surface area contributed by atoms with Gasteiger partial charge in [-0.2, -0.15) is 5.10 Å². The second-order valence-corrected chi connectivity index (χ2v) is 6.54. The zero-order valence-electron chi connectivity index (χ0n) is 14.9. The van der Waals surface area contributed by atoms with E-state index in [4.69, 9.17) is 4.42 Å². The van der Waals surface area contributed by atoms with Crippen molar-refractivity contribution in [2.75, 3.05) is 5.32 Å². The van der Waals surface area contributed by atoms with Gasteiger partial charge in [0.15, 0.2) is 0 Å². The molecular formula is C21H17N5O2. The summed E-state index contributed by atoms with van der Waals surface area (Å²) in [5.41, 5.74) is 3.36. The third kappa shape index (κ3) is 2.83. The van der Waals surface area contributed by atoms with E-state index in [0.29, 0.717) is 12.1 Å². The zero-order valence-corrected chi connectivity index (χ0v) is 14.9. The number of amides is 1. The standard InChI is InChI=1S/C21H17N5O2/c27-21-18-5-1-2-6-19(18)24-20(25(21)12-17-4-3-11-28-17)15-7-9-16(10-8-15)26-14-22-13-23-26/h1-11,13-14,20,24H,12H2. The van der Waals surface area contributed by atoms with Crippen molar-refractivity contribution < 1.29 is 9.21 Å². The summed E-state index contributed by atoms with van der Waals surface area (Å²) in [4.78, 5) is 19.0. The molecule has 7 heteroatoms.